The Morgan fingerprint density at radius 3 is 2.48 bits per heavy atom. The first-order valence-electron chi connectivity index (χ1n) is 8.53. The fraction of sp³-hybridized carbons (Fsp3) is 0.368. The number of aromatic nitrogens is 1. The highest BCUT2D eigenvalue weighted by atomic mass is 35.5. The summed E-state index contributed by atoms with van der Waals surface area (Å²) in [4.78, 5) is 21.2. The van der Waals surface area contributed by atoms with E-state index in [0.717, 1.165) is 51.4 Å². The Morgan fingerprint density at radius 1 is 1.00 bits per heavy atom. The van der Waals surface area contributed by atoms with Crippen LogP contribution in [0.2, 0.25) is 0 Å². The Labute approximate surface area is 154 Å². The van der Waals surface area contributed by atoms with Gasteiger partial charge < -0.3 is 10.2 Å². The predicted molar refractivity (Wildman–Crippen MR) is 99.7 cm³/mol. The number of carbonyl (C=O) groups excluding carboxylic acids is 1. The quantitative estimate of drug-likeness (QED) is 0.912. The summed E-state index contributed by atoms with van der Waals surface area (Å²) in [5.41, 5.74) is 4.67. The number of amides is 1. The fourth-order valence-corrected chi connectivity index (χ4v) is 3.47. The minimum absolute atomic E-state index is 0. The molecular weight excluding hydrogens is 336 g/mol. The van der Waals surface area contributed by atoms with Crippen molar-refractivity contribution in [2.45, 2.75) is 19.6 Å². The number of carbonyl (C=O) groups is 1. The van der Waals surface area contributed by atoms with Gasteiger partial charge in [-0.05, 0) is 41.0 Å². The molecule has 1 amide bonds. The molecular formula is C19H23ClN4O. The van der Waals surface area contributed by atoms with Crippen LogP contribution in [0.3, 0.4) is 0 Å². The van der Waals surface area contributed by atoms with Crippen LogP contribution in [-0.4, -0.2) is 46.9 Å². The topological polar surface area (TPSA) is 48.5 Å². The van der Waals surface area contributed by atoms with Crippen molar-refractivity contribution in [3.8, 4) is 0 Å². The Kier molecular flexibility index (Phi) is 5.68. The van der Waals surface area contributed by atoms with Crippen LogP contribution in [0.25, 0.3) is 0 Å². The molecule has 3 heterocycles. The van der Waals surface area contributed by atoms with Crippen molar-refractivity contribution in [2.75, 3.05) is 26.2 Å². The average Bonchev–Trinajstić information content (AvgIpc) is 3.10. The molecule has 1 aromatic heterocycles. The number of halogens is 1. The van der Waals surface area contributed by atoms with Crippen LogP contribution in [0, 0.1) is 0 Å². The van der Waals surface area contributed by atoms with Gasteiger partial charge in [-0.15, -0.1) is 12.4 Å². The van der Waals surface area contributed by atoms with Crippen LogP contribution in [-0.2, 0) is 19.6 Å². The van der Waals surface area contributed by atoms with Crippen molar-refractivity contribution >= 4 is 18.3 Å². The molecule has 2 aliphatic heterocycles. The van der Waals surface area contributed by atoms with Crippen LogP contribution >= 0.6 is 12.4 Å². The van der Waals surface area contributed by atoms with Crippen LogP contribution in [0.5, 0.6) is 0 Å². The largest absolute Gasteiger partial charge is 0.336 e. The number of fused-ring (bicyclic) bond motifs is 1. The molecule has 0 unspecified atom stereocenters. The number of hydrogen-bond donors (Lipinski definition) is 1. The summed E-state index contributed by atoms with van der Waals surface area (Å²) in [6.07, 6.45) is 3.66. The minimum Gasteiger partial charge on any atom is -0.336 e. The monoisotopic (exact) mass is 358 g/mol. The lowest BCUT2D eigenvalue weighted by molar-refractivity contribution is 0.0628. The molecule has 2 aromatic rings. The normalized spacial score (nSPS) is 17.0. The first-order valence-corrected chi connectivity index (χ1v) is 8.53. The molecule has 6 heteroatoms. The number of nitrogens with one attached hydrogen (secondary N) is 1. The molecule has 1 N–H and O–H groups in total. The first-order chi connectivity index (χ1) is 11.8. The lowest BCUT2D eigenvalue weighted by Crippen LogP contribution is -2.48. The van der Waals surface area contributed by atoms with E-state index >= 15 is 0 Å². The van der Waals surface area contributed by atoms with E-state index in [2.05, 4.69) is 39.5 Å². The third kappa shape index (κ3) is 4.00. The second-order valence-corrected chi connectivity index (χ2v) is 6.51. The van der Waals surface area contributed by atoms with E-state index in [0.29, 0.717) is 0 Å². The molecule has 2 aliphatic rings. The smallest absolute Gasteiger partial charge is 0.253 e. The van der Waals surface area contributed by atoms with Gasteiger partial charge in [0.2, 0.25) is 0 Å². The molecule has 1 fully saturated rings. The molecule has 0 bridgehead atoms. The molecule has 0 spiro atoms. The molecule has 4 rings (SSSR count). The van der Waals surface area contributed by atoms with Gasteiger partial charge in [-0.2, -0.15) is 0 Å². The zero-order chi connectivity index (χ0) is 16.4. The third-order valence-corrected chi connectivity index (χ3v) is 4.90. The molecule has 0 saturated carbocycles. The minimum atomic E-state index is 0. The first kappa shape index (κ1) is 17.9. The molecule has 0 radical (unpaired) electrons. The van der Waals surface area contributed by atoms with E-state index in [-0.39, 0.29) is 18.3 Å². The highest BCUT2D eigenvalue weighted by Gasteiger charge is 2.23. The Balaban J connectivity index is 0.00000182. The molecule has 0 atom stereocenters. The van der Waals surface area contributed by atoms with Gasteiger partial charge in [0, 0.05) is 63.8 Å². The zero-order valence-corrected chi connectivity index (χ0v) is 15.0. The summed E-state index contributed by atoms with van der Waals surface area (Å²) in [5, 5.41) is 3.33. The van der Waals surface area contributed by atoms with E-state index in [9.17, 15) is 4.79 Å². The molecule has 1 saturated heterocycles. The second-order valence-electron chi connectivity index (χ2n) is 6.51. The Bertz CT molecular complexity index is 729. The van der Waals surface area contributed by atoms with Crippen LogP contribution in [0.4, 0.5) is 0 Å². The summed E-state index contributed by atoms with van der Waals surface area (Å²) in [6.45, 7) is 6.13. The van der Waals surface area contributed by atoms with E-state index in [1.807, 2.05) is 23.4 Å². The van der Waals surface area contributed by atoms with Gasteiger partial charge >= 0.3 is 0 Å². The number of benzene rings is 1. The number of rotatable bonds is 3. The SMILES string of the molecule is Cl.O=C(c1ccc2c(c1)CNC2)N1CCN(Cc2ccncc2)CC1. The highest BCUT2D eigenvalue weighted by molar-refractivity contribution is 5.94. The molecule has 0 aliphatic carbocycles. The van der Waals surface area contributed by atoms with Gasteiger partial charge in [-0.1, -0.05) is 6.07 Å². The van der Waals surface area contributed by atoms with Gasteiger partial charge in [-0.25, -0.2) is 0 Å². The fourth-order valence-electron chi connectivity index (χ4n) is 3.47. The number of hydrogen-bond acceptors (Lipinski definition) is 4. The van der Waals surface area contributed by atoms with E-state index in [1.54, 1.807) is 0 Å². The maximum Gasteiger partial charge on any atom is 0.253 e. The number of nitrogens with zero attached hydrogens (tertiary/aromatic N) is 3. The van der Waals surface area contributed by atoms with Gasteiger partial charge in [0.1, 0.15) is 0 Å². The van der Waals surface area contributed by atoms with Gasteiger partial charge in [0.25, 0.3) is 5.91 Å². The maximum atomic E-state index is 12.7. The van der Waals surface area contributed by atoms with Gasteiger partial charge in [-0.3, -0.25) is 14.7 Å². The number of piperazine rings is 1. The number of pyridine rings is 1. The molecule has 132 valence electrons. The van der Waals surface area contributed by atoms with Crippen molar-refractivity contribution in [3.63, 3.8) is 0 Å². The van der Waals surface area contributed by atoms with Crippen LogP contribution in [0.1, 0.15) is 27.0 Å². The second kappa shape index (κ2) is 7.95. The Hall–Kier alpha value is -1.95. The van der Waals surface area contributed by atoms with E-state index in [1.165, 1.54) is 16.7 Å². The molecule has 5 nitrogen and oxygen atoms in total. The van der Waals surface area contributed by atoms with Gasteiger partial charge in [0.15, 0.2) is 0 Å². The van der Waals surface area contributed by atoms with Crippen molar-refractivity contribution in [1.82, 2.24) is 20.1 Å². The lowest BCUT2D eigenvalue weighted by Gasteiger charge is -2.34. The van der Waals surface area contributed by atoms with E-state index in [4.69, 9.17) is 0 Å². The third-order valence-electron chi connectivity index (χ3n) is 4.90. The summed E-state index contributed by atoms with van der Waals surface area (Å²) in [5.74, 6) is 0.160. The van der Waals surface area contributed by atoms with Crippen molar-refractivity contribution < 1.29 is 4.79 Å². The van der Waals surface area contributed by atoms with E-state index < -0.39 is 0 Å². The van der Waals surface area contributed by atoms with Crippen molar-refractivity contribution in [3.05, 3.63) is 65.0 Å². The zero-order valence-electron chi connectivity index (χ0n) is 14.1. The Morgan fingerprint density at radius 2 is 1.72 bits per heavy atom. The molecule has 25 heavy (non-hydrogen) atoms. The summed E-state index contributed by atoms with van der Waals surface area (Å²) < 4.78 is 0. The molecule has 1 aromatic carbocycles. The van der Waals surface area contributed by atoms with Gasteiger partial charge in [0.05, 0.1) is 0 Å². The van der Waals surface area contributed by atoms with Crippen molar-refractivity contribution in [1.29, 1.82) is 0 Å². The maximum absolute atomic E-state index is 12.7. The van der Waals surface area contributed by atoms with Crippen LogP contribution < -0.4 is 5.32 Å². The summed E-state index contributed by atoms with van der Waals surface area (Å²) >= 11 is 0. The highest BCUT2D eigenvalue weighted by Crippen LogP contribution is 2.19. The average molecular weight is 359 g/mol. The standard InChI is InChI=1S/C19H22N4O.ClH/c24-19(16-1-2-17-12-21-13-18(17)11-16)23-9-7-22(8-10-23)14-15-3-5-20-6-4-15;/h1-6,11,21H,7-10,12-14H2;1H. The lowest BCUT2D eigenvalue weighted by atomic mass is 10.1. The predicted octanol–water partition coefficient (Wildman–Crippen LogP) is 2.06. The summed E-state index contributed by atoms with van der Waals surface area (Å²) in [7, 11) is 0. The summed E-state index contributed by atoms with van der Waals surface area (Å²) in [6, 6.07) is 10.2. The van der Waals surface area contributed by atoms with Crippen molar-refractivity contribution in [2.24, 2.45) is 0 Å². The van der Waals surface area contributed by atoms with Crippen LogP contribution in [0.15, 0.2) is 42.7 Å².